The second kappa shape index (κ2) is 5.70. The Labute approximate surface area is 120 Å². The van der Waals surface area contributed by atoms with Crippen LogP contribution in [0.15, 0.2) is 18.2 Å². The van der Waals surface area contributed by atoms with Crippen LogP contribution in [0.2, 0.25) is 0 Å². The van der Waals surface area contributed by atoms with Crippen molar-refractivity contribution >= 4 is 0 Å². The Morgan fingerprint density at radius 2 is 2.05 bits per heavy atom. The monoisotopic (exact) mass is 281 g/mol. The molecule has 1 aliphatic carbocycles. The van der Waals surface area contributed by atoms with Gasteiger partial charge < -0.3 is 14.8 Å². The smallest absolute Gasteiger partial charge is 0.165 e. The van der Waals surface area contributed by atoms with Gasteiger partial charge in [-0.05, 0) is 31.0 Å². The Morgan fingerprint density at radius 3 is 2.60 bits per heavy atom. The number of methoxy groups -OCH3 is 2. The highest BCUT2D eigenvalue weighted by Crippen LogP contribution is 2.43. The van der Waals surface area contributed by atoms with E-state index in [-0.39, 0.29) is 17.3 Å². The van der Waals surface area contributed by atoms with Crippen molar-refractivity contribution < 1.29 is 13.9 Å². The van der Waals surface area contributed by atoms with E-state index in [1.54, 1.807) is 19.2 Å². The molecule has 4 heteroatoms. The third kappa shape index (κ3) is 2.67. The van der Waals surface area contributed by atoms with E-state index in [1.165, 1.54) is 13.2 Å². The third-order valence-corrected chi connectivity index (χ3v) is 4.59. The molecule has 1 aromatic rings. The van der Waals surface area contributed by atoms with Gasteiger partial charge in [0, 0.05) is 24.6 Å². The van der Waals surface area contributed by atoms with Crippen LogP contribution in [0.25, 0.3) is 0 Å². The SMILES string of the molecule is COc1cc(C(C)NC2CC(OC)C2(C)C)ccc1F. The van der Waals surface area contributed by atoms with Gasteiger partial charge in [0.05, 0.1) is 13.2 Å². The van der Waals surface area contributed by atoms with E-state index in [0.717, 1.165) is 12.0 Å². The molecule has 0 radical (unpaired) electrons. The van der Waals surface area contributed by atoms with Crippen LogP contribution in [0.1, 0.15) is 38.8 Å². The molecule has 1 aliphatic rings. The summed E-state index contributed by atoms with van der Waals surface area (Å²) >= 11 is 0. The second-order valence-corrected chi connectivity index (χ2v) is 6.12. The van der Waals surface area contributed by atoms with E-state index < -0.39 is 0 Å². The Balaban J connectivity index is 2.04. The van der Waals surface area contributed by atoms with Crippen molar-refractivity contribution in [1.29, 1.82) is 0 Å². The fraction of sp³-hybridized carbons (Fsp3) is 0.625. The largest absolute Gasteiger partial charge is 0.494 e. The van der Waals surface area contributed by atoms with Crippen LogP contribution in [0, 0.1) is 11.2 Å². The topological polar surface area (TPSA) is 30.5 Å². The van der Waals surface area contributed by atoms with Crippen molar-refractivity contribution in [3.05, 3.63) is 29.6 Å². The first-order valence-electron chi connectivity index (χ1n) is 7.02. The lowest BCUT2D eigenvalue weighted by molar-refractivity contribution is -0.0999. The minimum Gasteiger partial charge on any atom is -0.494 e. The summed E-state index contributed by atoms with van der Waals surface area (Å²) in [5.74, 6) is -0.0364. The van der Waals surface area contributed by atoms with Crippen LogP contribution < -0.4 is 10.1 Å². The summed E-state index contributed by atoms with van der Waals surface area (Å²) in [6, 6.07) is 5.56. The molecule has 3 atom stereocenters. The number of rotatable bonds is 5. The lowest BCUT2D eigenvalue weighted by Gasteiger charge is -2.52. The number of nitrogens with one attached hydrogen (secondary N) is 1. The standard InChI is InChI=1S/C16H24FNO2/c1-10(11-6-7-12(17)13(8-11)19-4)18-14-9-15(20-5)16(14,2)3/h6-8,10,14-15,18H,9H2,1-5H3. The van der Waals surface area contributed by atoms with Gasteiger partial charge in [0.1, 0.15) is 0 Å². The molecular formula is C16H24FNO2. The van der Waals surface area contributed by atoms with E-state index in [9.17, 15) is 4.39 Å². The van der Waals surface area contributed by atoms with Gasteiger partial charge in [-0.25, -0.2) is 4.39 Å². The Bertz CT molecular complexity index is 476. The molecule has 0 saturated heterocycles. The number of halogens is 1. The second-order valence-electron chi connectivity index (χ2n) is 6.12. The molecule has 3 unspecified atom stereocenters. The molecule has 20 heavy (non-hydrogen) atoms. The van der Waals surface area contributed by atoms with Crippen molar-refractivity contribution in [2.75, 3.05) is 14.2 Å². The molecule has 3 nitrogen and oxygen atoms in total. The number of benzene rings is 1. The van der Waals surface area contributed by atoms with Gasteiger partial charge in [0.15, 0.2) is 11.6 Å². The van der Waals surface area contributed by atoms with Crippen molar-refractivity contribution in [3.8, 4) is 5.75 Å². The van der Waals surface area contributed by atoms with Crippen LogP contribution >= 0.6 is 0 Å². The third-order valence-electron chi connectivity index (χ3n) is 4.59. The van der Waals surface area contributed by atoms with E-state index in [2.05, 4.69) is 26.1 Å². The fourth-order valence-electron chi connectivity index (χ4n) is 2.91. The summed E-state index contributed by atoms with van der Waals surface area (Å²) in [7, 11) is 3.25. The summed E-state index contributed by atoms with van der Waals surface area (Å²) in [6.45, 7) is 6.50. The van der Waals surface area contributed by atoms with Gasteiger partial charge in [-0.15, -0.1) is 0 Å². The molecule has 0 aromatic heterocycles. The lowest BCUT2D eigenvalue weighted by Crippen LogP contribution is -2.60. The molecule has 0 bridgehead atoms. The maximum atomic E-state index is 13.4. The summed E-state index contributed by atoms with van der Waals surface area (Å²) < 4.78 is 23.9. The fourth-order valence-corrected chi connectivity index (χ4v) is 2.91. The normalized spacial score (nSPS) is 25.9. The summed E-state index contributed by atoms with van der Waals surface area (Å²) in [5, 5.41) is 3.60. The molecule has 112 valence electrons. The molecule has 1 fully saturated rings. The predicted octanol–water partition coefficient (Wildman–Crippen LogP) is 3.30. The Hall–Kier alpha value is -1.13. The van der Waals surface area contributed by atoms with Crippen molar-refractivity contribution in [1.82, 2.24) is 5.32 Å². The molecule has 1 saturated carbocycles. The predicted molar refractivity (Wildman–Crippen MR) is 77.5 cm³/mol. The van der Waals surface area contributed by atoms with Gasteiger partial charge in [-0.2, -0.15) is 0 Å². The van der Waals surface area contributed by atoms with Crippen LogP contribution in [-0.2, 0) is 4.74 Å². The Morgan fingerprint density at radius 1 is 1.35 bits per heavy atom. The molecule has 2 rings (SSSR count). The first kappa shape index (κ1) is 15.3. The van der Waals surface area contributed by atoms with Crippen molar-refractivity contribution in [2.24, 2.45) is 5.41 Å². The zero-order valence-electron chi connectivity index (χ0n) is 12.9. The highest BCUT2D eigenvalue weighted by molar-refractivity contribution is 5.32. The van der Waals surface area contributed by atoms with Gasteiger partial charge >= 0.3 is 0 Å². The summed E-state index contributed by atoms with van der Waals surface area (Å²) in [5.41, 5.74) is 1.15. The van der Waals surface area contributed by atoms with Gasteiger partial charge in [0.25, 0.3) is 0 Å². The van der Waals surface area contributed by atoms with Crippen LogP contribution in [0.3, 0.4) is 0 Å². The van der Waals surface area contributed by atoms with Crippen LogP contribution in [0.5, 0.6) is 5.75 Å². The van der Waals surface area contributed by atoms with Crippen LogP contribution in [0.4, 0.5) is 4.39 Å². The average molecular weight is 281 g/mol. The summed E-state index contributed by atoms with van der Waals surface area (Å²) in [6.07, 6.45) is 1.31. The van der Waals surface area contributed by atoms with Crippen LogP contribution in [-0.4, -0.2) is 26.4 Å². The van der Waals surface area contributed by atoms with Crippen molar-refractivity contribution in [3.63, 3.8) is 0 Å². The first-order chi connectivity index (χ1) is 9.40. The number of hydrogen-bond acceptors (Lipinski definition) is 3. The number of ether oxygens (including phenoxy) is 2. The molecular weight excluding hydrogens is 257 g/mol. The zero-order chi connectivity index (χ0) is 14.9. The highest BCUT2D eigenvalue weighted by atomic mass is 19.1. The minimum atomic E-state index is -0.327. The first-order valence-corrected chi connectivity index (χ1v) is 7.02. The molecule has 0 spiro atoms. The molecule has 1 N–H and O–H groups in total. The lowest BCUT2D eigenvalue weighted by atomic mass is 9.64. The van der Waals surface area contributed by atoms with E-state index in [4.69, 9.17) is 9.47 Å². The van der Waals surface area contributed by atoms with Gasteiger partial charge in [-0.3, -0.25) is 0 Å². The van der Waals surface area contributed by atoms with E-state index in [1.807, 2.05) is 0 Å². The maximum Gasteiger partial charge on any atom is 0.165 e. The Kier molecular flexibility index (Phi) is 4.35. The molecule has 1 aromatic carbocycles. The molecule has 0 heterocycles. The zero-order valence-corrected chi connectivity index (χ0v) is 12.9. The number of hydrogen-bond donors (Lipinski definition) is 1. The van der Waals surface area contributed by atoms with Crippen molar-refractivity contribution in [2.45, 2.75) is 45.4 Å². The minimum absolute atomic E-state index is 0.118. The van der Waals surface area contributed by atoms with Gasteiger partial charge in [0.2, 0.25) is 0 Å². The highest BCUT2D eigenvalue weighted by Gasteiger charge is 2.48. The average Bonchev–Trinajstić information content (AvgIpc) is 2.43. The van der Waals surface area contributed by atoms with E-state index >= 15 is 0 Å². The quantitative estimate of drug-likeness (QED) is 0.898. The molecule has 0 amide bonds. The maximum absolute atomic E-state index is 13.4. The van der Waals surface area contributed by atoms with Gasteiger partial charge in [-0.1, -0.05) is 19.9 Å². The summed E-state index contributed by atoms with van der Waals surface area (Å²) in [4.78, 5) is 0. The molecule has 0 aliphatic heterocycles. The van der Waals surface area contributed by atoms with E-state index in [0.29, 0.717) is 17.9 Å².